The van der Waals surface area contributed by atoms with Crippen molar-refractivity contribution in [1.82, 2.24) is 4.31 Å². The third kappa shape index (κ3) is 5.99. The van der Waals surface area contributed by atoms with Crippen molar-refractivity contribution in [3.8, 4) is 11.5 Å². The fourth-order valence-electron chi connectivity index (χ4n) is 3.54. The van der Waals surface area contributed by atoms with E-state index in [0.29, 0.717) is 25.4 Å². The van der Waals surface area contributed by atoms with Crippen LogP contribution in [0.25, 0.3) is 0 Å². The molecule has 0 unspecified atom stereocenters. The van der Waals surface area contributed by atoms with Gasteiger partial charge in [0.15, 0.2) is 5.75 Å². The van der Waals surface area contributed by atoms with Gasteiger partial charge >= 0.3 is 0 Å². The summed E-state index contributed by atoms with van der Waals surface area (Å²) in [6.07, 6.45) is 0.743. The van der Waals surface area contributed by atoms with Gasteiger partial charge in [0.1, 0.15) is 11.6 Å². The maximum Gasteiger partial charge on any atom is 0.243 e. The van der Waals surface area contributed by atoms with Gasteiger partial charge in [-0.05, 0) is 54.4 Å². The summed E-state index contributed by atoms with van der Waals surface area (Å²) in [4.78, 5) is 12.7. The molecule has 3 aromatic carbocycles. The quantitative estimate of drug-likeness (QED) is 0.518. The zero-order valence-corrected chi connectivity index (χ0v) is 19.3. The summed E-state index contributed by atoms with van der Waals surface area (Å²) in [7, 11) is -3.77. The van der Waals surface area contributed by atoms with Gasteiger partial charge in [-0.25, -0.2) is 12.8 Å². The monoisotopic (exact) mass is 484 g/mol. The molecule has 0 saturated carbocycles. The molecule has 9 heteroatoms. The lowest BCUT2D eigenvalue weighted by molar-refractivity contribution is -0.116. The van der Waals surface area contributed by atoms with Crippen molar-refractivity contribution in [2.24, 2.45) is 0 Å². The van der Waals surface area contributed by atoms with Crippen LogP contribution in [0.2, 0.25) is 0 Å². The second-order valence-electron chi connectivity index (χ2n) is 7.76. The van der Waals surface area contributed by atoms with Gasteiger partial charge < -0.3 is 14.8 Å². The Morgan fingerprint density at radius 2 is 1.71 bits per heavy atom. The van der Waals surface area contributed by atoms with Crippen LogP contribution in [0.5, 0.6) is 11.5 Å². The van der Waals surface area contributed by atoms with E-state index in [4.69, 9.17) is 9.47 Å². The topological polar surface area (TPSA) is 84.9 Å². The van der Waals surface area contributed by atoms with Gasteiger partial charge in [0.05, 0.1) is 23.8 Å². The van der Waals surface area contributed by atoms with Crippen LogP contribution in [0.3, 0.4) is 0 Å². The van der Waals surface area contributed by atoms with Crippen molar-refractivity contribution >= 4 is 21.6 Å². The minimum absolute atomic E-state index is 0.0409. The van der Waals surface area contributed by atoms with Crippen LogP contribution in [-0.2, 0) is 26.0 Å². The lowest BCUT2D eigenvalue weighted by atomic mass is 10.1. The number of rotatable bonds is 8. The number of halogens is 1. The number of amides is 1. The summed E-state index contributed by atoms with van der Waals surface area (Å²) >= 11 is 0. The first-order chi connectivity index (χ1) is 16.4. The Hall–Kier alpha value is -3.27. The van der Waals surface area contributed by atoms with Crippen LogP contribution >= 0.6 is 0 Å². The molecule has 1 heterocycles. The van der Waals surface area contributed by atoms with Gasteiger partial charge in [0.25, 0.3) is 0 Å². The molecule has 0 aromatic heterocycles. The first-order valence-corrected chi connectivity index (χ1v) is 12.3. The van der Waals surface area contributed by atoms with E-state index in [0.717, 1.165) is 5.56 Å². The number of carbonyl (C=O) groups is 1. The van der Waals surface area contributed by atoms with E-state index in [1.54, 1.807) is 0 Å². The molecule has 0 bridgehead atoms. The first kappa shape index (κ1) is 23.9. The molecule has 1 fully saturated rings. The van der Waals surface area contributed by atoms with Gasteiger partial charge in [0.2, 0.25) is 15.9 Å². The zero-order chi connectivity index (χ0) is 24.0. The number of aryl methyl sites for hydroxylation is 1. The molecule has 0 atom stereocenters. The van der Waals surface area contributed by atoms with Gasteiger partial charge in [-0.1, -0.05) is 30.3 Å². The first-order valence-electron chi connectivity index (χ1n) is 10.9. The van der Waals surface area contributed by atoms with E-state index in [-0.39, 0.29) is 41.7 Å². The van der Waals surface area contributed by atoms with E-state index in [9.17, 15) is 17.6 Å². The molecular formula is C25H25FN2O5S. The van der Waals surface area contributed by atoms with Crippen molar-refractivity contribution in [2.45, 2.75) is 17.7 Å². The Kier molecular flexibility index (Phi) is 7.56. The van der Waals surface area contributed by atoms with Gasteiger partial charge in [-0.15, -0.1) is 0 Å². The average molecular weight is 485 g/mol. The molecule has 0 radical (unpaired) electrons. The fourth-order valence-corrected chi connectivity index (χ4v) is 4.97. The fraction of sp³-hybridized carbons (Fsp3) is 0.240. The highest BCUT2D eigenvalue weighted by Crippen LogP contribution is 2.33. The lowest BCUT2D eigenvalue weighted by Gasteiger charge is -2.26. The number of nitrogens with one attached hydrogen (secondary N) is 1. The van der Waals surface area contributed by atoms with Gasteiger partial charge in [-0.3, -0.25) is 4.79 Å². The SMILES string of the molecule is O=C(CCc1ccccc1)Nc1cc(S(=O)(=O)N2CCOCC2)ccc1Oc1ccc(F)cc1. The normalized spacial score (nSPS) is 14.5. The van der Waals surface area contributed by atoms with Crippen LogP contribution in [0.4, 0.5) is 10.1 Å². The van der Waals surface area contributed by atoms with Crippen LogP contribution < -0.4 is 10.1 Å². The third-order valence-electron chi connectivity index (χ3n) is 5.36. The number of hydrogen-bond acceptors (Lipinski definition) is 5. The minimum Gasteiger partial charge on any atom is -0.455 e. The standard InChI is InChI=1S/C25H25FN2O5S/c26-20-7-9-21(10-8-20)33-24-12-11-22(34(30,31)28-14-16-32-17-15-28)18-23(24)27-25(29)13-6-19-4-2-1-3-5-19/h1-5,7-12,18H,6,13-17H2,(H,27,29). The summed E-state index contributed by atoms with van der Waals surface area (Å²) < 4.78 is 51.9. The molecule has 1 N–H and O–H groups in total. The van der Waals surface area contributed by atoms with Crippen LogP contribution in [0, 0.1) is 5.82 Å². The summed E-state index contributed by atoms with van der Waals surface area (Å²) in [6, 6.07) is 19.3. The van der Waals surface area contributed by atoms with E-state index in [1.165, 1.54) is 46.8 Å². The molecule has 7 nitrogen and oxygen atoms in total. The third-order valence-corrected chi connectivity index (χ3v) is 7.25. The predicted molar refractivity (Wildman–Crippen MR) is 126 cm³/mol. The molecule has 1 aliphatic rings. The van der Waals surface area contributed by atoms with Crippen LogP contribution in [0.1, 0.15) is 12.0 Å². The Labute approximate surface area is 198 Å². The molecule has 1 saturated heterocycles. The maximum absolute atomic E-state index is 13.3. The number of carbonyl (C=O) groups excluding carboxylic acids is 1. The second-order valence-corrected chi connectivity index (χ2v) is 9.70. The number of nitrogens with zero attached hydrogens (tertiary/aromatic N) is 1. The Morgan fingerprint density at radius 3 is 2.41 bits per heavy atom. The highest BCUT2D eigenvalue weighted by Gasteiger charge is 2.27. The number of morpholine rings is 1. The number of benzene rings is 3. The molecular weight excluding hydrogens is 459 g/mol. The van der Waals surface area contributed by atoms with Crippen molar-refractivity contribution in [2.75, 3.05) is 31.6 Å². The van der Waals surface area contributed by atoms with Crippen LogP contribution in [-0.4, -0.2) is 44.9 Å². The Bertz CT molecular complexity index is 1230. The smallest absolute Gasteiger partial charge is 0.243 e. The molecule has 34 heavy (non-hydrogen) atoms. The molecule has 0 aliphatic carbocycles. The van der Waals surface area contributed by atoms with E-state index < -0.39 is 15.8 Å². The largest absolute Gasteiger partial charge is 0.455 e. The number of anilines is 1. The lowest BCUT2D eigenvalue weighted by Crippen LogP contribution is -2.40. The minimum atomic E-state index is -3.77. The van der Waals surface area contributed by atoms with Gasteiger partial charge in [0, 0.05) is 19.5 Å². The van der Waals surface area contributed by atoms with Gasteiger partial charge in [-0.2, -0.15) is 4.31 Å². The van der Waals surface area contributed by atoms with Crippen molar-refractivity contribution in [1.29, 1.82) is 0 Å². The van der Waals surface area contributed by atoms with E-state index in [1.807, 2.05) is 30.3 Å². The Balaban J connectivity index is 1.58. The predicted octanol–water partition coefficient (Wildman–Crippen LogP) is 4.21. The molecule has 0 spiro atoms. The summed E-state index contributed by atoms with van der Waals surface area (Å²) in [5, 5.41) is 2.78. The number of sulfonamides is 1. The summed E-state index contributed by atoms with van der Waals surface area (Å²) in [5.74, 6) is -0.0898. The molecule has 4 rings (SSSR count). The highest BCUT2D eigenvalue weighted by atomic mass is 32.2. The van der Waals surface area contributed by atoms with E-state index >= 15 is 0 Å². The molecule has 178 valence electrons. The molecule has 3 aromatic rings. The van der Waals surface area contributed by atoms with E-state index in [2.05, 4.69) is 5.32 Å². The zero-order valence-electron chi connectivity index (χ0n) is 18.4. The van der Waals surface area contributed by atoms with Crippen molar-refractivity contribution in [3.05, 3.63) is 84.2 Å². The van der Waals surface area contributed by atoms with Crippen molar-refractivity contribution in [3.63, 3.8) is 0 Å². The number of hydrogen-bond donors (Lipinski definition) is 1. The average Bonchev–Trinajstić information content (AvgIpc) is 2.86. The highest BCUT2D eigenvalue weighted by molar-refractivity contribution is 7.89. The number of ether oxygens (including phenoxy) is 2. The van der Waals surface area contributed by atoms with Crippen LogP contribution in [0.15, 0.2) is 77.7 Å². The van der Waals surface area contributed by atoms with Crippen molar-refractivity contribution < 1.29 is 27.1 Å². The summed E-state index contributed by atoms with van der Waals surface area (Å²) in [6.45, 7) is 1.17. The summed E-state index contributed by atoms with van der Waals surface area (Å²) in [5.41, 5.74) is 1.24. The Morgan fingerprint density at radius 1 is 1.00 bits per heavy atom. The second kappa shape index (κ2) is 10.8. The molecule has 1 amide bonds. The molecule has 1 aliphatic heterocycles. The maximum atomic E-state index is 13.3.